The van der Waals surface area contributed by atoms with Crippen LogP contribution in [0.25, 0.3) is 0 Å². The van der Waals surface area contributed by atoms with Crippen LogP contribution in [0.4, 0.5) is 0 Å². The minimum atomic E-state index is -2.25. The van der Waals surface area contributed by atoms with Gasteiger partial charge in [0.25, 0.3) is 0 Å². The van der Waals surface area contributed by atoms with Gasteiger partial charge < -0.3 is 18.7 Å². The topological polar surface area (TPSA) is 71.1 Å². The summed E-state index contributed by atoms with van der Waals surface area (Å²) in [4.78, 5) is 24.4. The molecule has 1 aliphatic heterocycles. The number of benzene rings is 1. The smallest absolute Gasteiger partial charge is 0.302 e. The molecule has 50 heavy (non-hydrogen) atoms. The first-order chi connectivity index (χ1) is 23.5. The summed E-state index contributed by atoms with van der Waals surface area (Å²) in [5.74, 6) is 4.00. The predicted molar refractivity (Wildman–Crippen MR) is 205 cm³/mol. The Labute approximate surface area is 309 Å². The van der Waals surface area contributed by atoms with Gasteiger partial charge in [-0.2, -0.15) is 0 Å². The Balaban J connectivity index is 1.20. The number of hydrogen-bond donors (Lipinski definition) is 0. The molecule has 6 aliphatic rings. The molecule has 5 aliphatic carbocycles. The fraction of sp³-hybridized carbons (Fsp3) is 0.756. The number of methoxy groups -OCH3 is 1. The van der Waals surface area contributed by atoms with Crippen molar-refractivity contribution in [1.29, 1.82) is 0 Å². The first kappa shape index (κ1) is 36.8. The van der Waals surface area contributed by atoms with Gasteiger partial charge in [0, 0.05) is 35.7 Å². The average Bonchev–Trinajstić information content (AvgIpc) is 3.45. The number of hydrogen-bond acceptors (Lipinski definition) is 8. The van der Waals surface area contributed by atoms with E-state index >= 15 is 0 Å². The highest BCUT2D eigenvalue weighted by molar-refractivity contribution is 8.71. The number of fused-ring (bicyclic) bond motifs is 7. The van der Waals surface area contributed by atoms with Gasteiger partial charge in [-0.25, -0.2) is 0 Å². The van der Waals surface area contributed by atoms with Crippen LogP contribution in [0.5, 0.6) is 5.75 Å². The second kappa shape index (κ2) is 12.8. The molecule has 1 heterocycles. The molecule has 0 unspecified atom stereocenters. The molecule has 0 spiro atoms. The molecule has 5 fully saturated rings. The van der Waals surface area contributed by atoms with E-state index in [0.717, 1.165) is 48.9 Å². The van der Waals surface area contributed by atoms with E-state index < -0.39 is 5.47 Å². The lowest BCUT2D eigenvalue weighted by atomic mass is 9.32. The molecule has 0 aromatic heterocycles. The zero-order valence-corrected chi connectivity index (χ0v) is 34.1. The Morgan fingerprint density at radius 3 is 2.26 bits per heavy atom. The highest BCUT2D eigenvalue weighted by Gasteiger charge is 2.71. The predicted octanol–water partition coefficient (Wildman–Crippen LogP) is 9.85. The first-order valence-corrected chi connectivity index (χ1v) is 23.4. The van der Waals surface area contributed by atoms with Gasteiger partial charge in [0.1, 0.15) is 11.9 Å². The third-order valence-electron chi connectivity index (χ3n) is 16.0. The summed E-state index contributed by atoms with van der Waals surface area (Å²) < 4.78 is 24.0. The third-order valence-corrected chi connectivity index (χ3v) is 22.3. The Morgan fingerprint density at radius 1 is 0.880 bits per heavy atom. The minimum absolute atomic E-state index is 0.00457. The Hall–Kier alpha value is -1.50. The molecule has 0 amide bonds. The van der Waals surface area contributed by atoms with Crippen molar-refractivity contribution < 1.29 is 28.3 Å². The van der Waals surface area contributed by atoms with Gasteiger partial charge in [-0.05, 0) is 152 Å². The van der Waals surface area contributed by atoms with Crippen LogP contribution in [0.2, 0.25) is 0 Å². The summed E-state index contributed by atoms with van der Waals surface area (Å²) >= 11 is 8.03. The molecule has 276 valence electrons. The summed E-state index contributed by atoms with van der Waals surface area (Å²) in [6.07, 6.45) is 13.6. The van der Waals surface area contributed by atoms with E-state index in [-0.39, 0.29) is 45.1 Å². The largest absolute Gasteiger partial charge is 0.497 e. The molecule has 0 N–H and O–H groups in total. The number of ether oxygens (including phenoxy) is 3. The van der Waals surface area contributed by atoms with Crippen molar-refractivity contribution >= 4 is 45.9 Å². The van der Waals surface area contributed by atoms with E-state index in [0.29, 0.717) is 36.2 Å². The standard InChI is InChI=1S/C41H59O6PS2/c1-26(42)45-25-41-20-15-31(28-23-46-48(49,50-24-28)30-11-9-29(44-8)10-12-30)36(41)32-13-14-34-38(5)18-17-35(47-27(2)43)37(3,4)33(38)16-19-40(34,7)39(32,6)21-22-41/h9-12,23,31-36H,13-22,24-25H2,1-8H3/t31-,32+,33-,34+,35-,36+,38-,39+,40+,41+,48+/m0/s1. The summed E-state index contributed by atoms with van der Waals surface area (Å²) in [7, 11) is 1.69. The van der Waals surface area contributed by atoms with Crippen molar-refractivity contribution in [3.63, 3.8) is 0 Å². The fourth-order valence-electron chi connectivity index (χ4n) is 13.5. The van der Waals surface area contributed by atoms with Gasteiger partial charge in [-0.1, -0.05) is 46.0 Å². The van der Waals surface area contributed by atoms with Crippen LogP contribution in [0.15, 0.2) is 36.1 Å². The van der Waals surface area contributed by atoms with Crippen LogP contribution in [-0.2, 0) is 35.4 Å². The maximum atomic E-state index is 12.3. The summed E-state index contributed by atoms with van der Waals surface area (Å²) in [6.45, 7) is 16.4. The lowest BCUT2D eigenvalue weighted by Crippen LogP contribution is -2.67. The van der Waals surface area contributed by atoms with E-state index in [1.807, 2.05) is 23.5 Å². The molecule has 9 heteroatoms. The SMILES string of the molecule is COc1ccc([P@]2(=S)OC=C([C@@H]3CC[C@]4(COC(C)=O)CC[C@]5(C)[C@H](CC[C@@H]6[C@@]7(C)CC[C@H](OC(C)=O)C(C)(C)[C@@H]7CC[C@]65C)[C@@H]34)CS2)cc1. The van der Waals surface area contributed by atoms with Crippen LogP contribution in [0, 0.1) is 56.7 Å². The Morgan fingerprint density at radius 2 is 1.62 bits per heavy atom. The zero-order chi connectivity index (χ0) is 35.9. The molecule has 0 saturated heterocycles. The quantitative estimate of drug-likeness (QED) is 0.211. The van der Waals surface area contributed by atoms with Crippen molar-refractivity contribution in [2.45, 2.75) is 119 Å². The van der Waals surface area contributed by atoms with Gasteiger partial charge in [0.05, 0.1) is 20.0 Å². The second-order valence-corrected chi connectivity index (χ2v) is 25.0. The molecule has 0 radical (unpaired) electrons. The van der Waals surface area contributed by atoms with Crippen molar-refractivity contribution in [2.24, 2.45) is 56.7 Å². The summed E-state index contributed by atoms with van der Waals surface area (Å²) in [5.41, 5.74) is -0.259. The van der Waals surface area contributed by atoms with E-state index in [4.69, 9.17) is 30.5 Å². The molecule has 7 rings (SSSR count). The molecule has 1 aromatic carbocycles. The highest BCUT2D eigenvalue weighted by atomic mass is 32.9. The maximum absolute atomic E-state index is 12.3. The number of rotatable bonds is 6. The molecule has 6 nitrogen and oxygen atoms in total. The fourth-order valence-corrected chi connectivity index (χ4v) is 18.3. The van der Waals surface area contributed by atoms with E-state index in [1.165, 1.54) is 37.7 Å². The molecule has 1 aromatic rings. The Bertz CT molecular complexity index is 1590. The average molecular weight is 743 g/mol. The summed E-state index contributed by atoms with van der Waals surface area (Å²) in [6, 6.07) is 8.09. The van der Waals surface area contributed by atoms with Gasteiger partial charge in [0.2, 0.25) is 0 Å². The molecule has 5 saturated carbocycles. The van der Waals surface area contributed by atoms with Gasteiger partial charge in [0.15, 0.2) is 5.47 Å². The molecular weight excluding hydrogens is 684 g/mol. The van der Waals surface area contributed by atoms with Crippen molar-refractivity contribution in [3.05, 3.63) is 36.1 Å². The van der Waals surface area contributed by atoms with Crippen LogP contribution >= 0.6 is 16.8 Å². The molecule has 11 atom stereocenters. The zero-order valence-electron chi connectivity index (χ0n) is 31.5. The van der Waals surface area contributed by atoms with Crippen molar-refractivity contribution in [1.82, 2.24) is 0 Å². The van der Waals surface area contributed by atoms with Gasteiger partial charge >= 0.3 is 11.9 Å². The third kappa shape index (κ3) is 5.57. The van der Waals surface area contributed by atoms with Crippen molar-refractivity contribution in [3.8, 4) is 5.75 Å². The minimum Gasteiger partial charge on any atom is -0.497 e. The van der Waals surface area contributed by atoms with Crippen LogP contribution < -0.4 is 10.0 Å². The first-order valence-electron chi connectivity index (χ1n) is 19.1. The lowest BCUT2D eigenvalue weighted by Gasteiger charge is -2.73. The van der Waals surface area contributed by atoms with Gasteiger partial charge in [-0.15, -0.1) is 0 Å². The highest BCUT2D eigenvalue weighted by Crippen LogP contribution is 2.78. The molecule has 0 bridgehead atoms. The normalized spacial score (nSPS) is 44.6. The molecular formula is C41H59O6PS2. The van der Waals surface area contributed by atoms with Crippen molar-refractivity contribution in [2.75, 3.05) is 19.5 Å². The lowest BCUT2D eigenvalue weighted by molar-refractivity contribution is -0.252. The maximum Gasteiger partial charge on any atom is 0.302 e. The number of carbonyl (C=O) groups excluding carboxylic acids is 2. The number of esters is 2. The number of carbonyl (C=O) groups is 2. The van der Waals surface area contributed by atoms with Crippen LogP contribution in [0.1, 0.15) is 113 Å². The second-order valence-electron chi connectivity index (χ2n) is 18.2. The van der Waals surface area contributed by atoms with Crippen LogP contribution in [-0.4, -0.2) is 37.5 Å². The van der Waals surface area contributed by atoms with E-state index in [9.17, 15) is 9.59 Å². The van der Waals surface area contributed by atoms with Crippen LogP contribution in [0.3, 0.4) is 0 Å². The monoisotopic (exact) mass is 742 g/mol. The Kier molecular flexibility index (Phi) is 9.45. The van der Waals surface area contributed by atoms with E-state index in [2.05, 4.69) is 53.0 Å². The van der Waals surface area contributed by atoms with E-state index in [1.54, 1.807) is 21.0 Å². The summed E-state index contributed by atoms with van der Waals surface area (Å²) in [5, 5.41) is 1.08. The van der Waals surface area contributed by atoms with Gasteiger partial charge in [-0.3, -0.25) is 9.59 Å².